The Morgan fingerprint density at radius 3 is 3.00 bits per heavy atom. The third-order valence-corrected chi connectivity index (χ3v) is 1.36. The van der Waals surface area contributed by atoms with E-state index in [9.17, 15) is 4.79 Å². The molecule has 1 aromatic rings. The van der Waals surface area contributed by atoms with E-state index in [1.54, 1.807) is 6.07 Å². The van der Waals surface area contributed by atoms with Crippen LogP contribution in [0.3, 0.4) is 0 Å². The molecule has 0 radical (unpaired) electrons. The van der Waals surface area contributed by atoms with E-state index in [1.807, 2.05) is 0 Å². The topological polar surface area (TPSA) is 76.1 Å². The highest BCUT2D eigenvalue weighted by Crippen LogP contribution is 2.17. The zero-order valence-electron chi connectivity index (χ0n) is 7.37. The molecule has 1 heterocycles. The van der Waals surface area contributed by atoms with Crippen molar-refractivity contribution in [3.8, 4) is 5.88 Å². The van der Waals surface area contributed by atoms with Gasteiger partial charge in [-0.3, -0.25) is 0 Å². The van der Waals surface area contributed by atoms with Gasteiger partial charge in [0.15, 0.2) is 0 Å². The van der Waals surface area contributed by atoms with Crippen molar-refractivity contribution in [1.29, 1.82) is 0 Å². The lowest BCUT2D eigenvalue weighted by Gasteiger charge is -2.06. The van der Waals surface area contributed by atoms with Crippen molar-refractivity contribution in [3.63, 3.8) is 0 Å². The van der Waals surface area contributed by atoms with Gasteiger partial charge in [0.25, 0.3) is 5.88 Å². The fourth-order valence-electron chi connectivity index (χ4n) is 0.750. The van der Waals surface area contributed by atoms with Gasteiger partial charge in [0.05, 0.1) is 13.3 Å². The first-order valence-corrected chi connectivity index (χ1v) is 3.62. The van der Waals surface area contributed by atoms with Crippen LogP contribution in [0.4, 0.5) is 10.5 Å². The highest BCUT2D eigenvalue weighted by atomic mass is 16.5. The Morgan fingerprint density at radius 2 is 2.38 bits per heavy atom. The first-order valence-electron chi connectivity index (χ1n) is 3.62. The lowest BCUT2D eigenvalue weighted by atomic mass is 10.4. The molecule has 1 aromatic heterocycles. The number of hydrogen-bond acceptors (Lipinski definition) is 4. The van der Waals surface area contributed by atoms with Crippen LogP contribution in [0.15, 0.2) is 12.3 Å². The van der Waals surface area contributed by atoms with Crippen molar-refractivity contribution in [1.82, 2.24) is 15.5 Å². The number of aromatic nitrogens is 2. The molecule has 0 aliphatic carbocycles. The summed E-state index contributed by atoms with van der Waals surface area (Å²) < 4.78 is 4.87. The van der Waals surface area contributed by atoms with Crippen LogP contribution in [0.2, 0.25) is 0 Å². The second kappa shape index (κ2) is 4.24. The van der Waals surface area contributed by atoms with Crippen molar-refractivity contribution in [2.75, 3.05) is 19.5 Å². The van der Waals surface area contributed by atoms with Crippen molar-refractivity contribution in [3.05, 3.63) is 12.3 Å². The molecule has 13 heavy (non-hydrogen) atoms. The number of anilines is 1. The van der Waals surface area contributed by atoms with E-state index in [4.69, 9.17) is 4.74 Å². The monoisotopic (exact) mass is 182 g/mol. The summed E-state index contributed by atoms with van der Waals surface area (Å²) in [6.07, 6.45) is 1.47. The standard InChI is InChI=1S/C7H10N4O2/c1-8-7(12)10-5-3-4-9-11-6(5)13-2/h3-4H,1-2H3,(H2,8,9,10,12). The van der Waals surface area contributed by atoms with Gasteiger partial charge in [0.2, 0.25) is 0 Å². The van der Waals surface area contributed by atoms with Gasteiger partial charge < -0.3 is 15.4 Å². The maximum atomic E-state index is 10.9. The highest BCUT2D eigenvalue weighted by molar-refractivity contribution is 5.90. The number of nitrogens with one attached hydrogen (secondary N) is 2. The summed E-state index contributed by atoms with van der Waals surface area (Å²) in [6, 6.07) is 1.27. The zero-order chi connectivity index (χ0) is 9.68. The second-order valence-corrected chi connectivity index (χ2v) is 2.16. The summed E-state index contributed by atoms with van der Waals surface area (Å²) >= 11 is 0. The molecule has 0 saturated carbocycles. The number of amides is 2. The Hall–Kier alpha value is -1.85. The number of hydrogen-bond donors (Lipinski definition) is 2. The quantitative estimate of drug-likeness (QED) is 0.686. The van der Waals surface area contributed by atoms with E-state index in [1.165, 1.54) is 20.4 Å². The molecule has 0 unspecified atom stereocenters. The number of methoxy groups -OCH3 is 1. The average molecular weight is 182 g/mol. The van der Waals surface area contributed by atoms with Crippen LogP contribution in [0.1, 0.15) is 0 Å². The van der Waals surface area contributed by atoms with E-state index in [2.05, 4.69) is 20.8 Å². The van der Waals surface area contributed by atoms with Crippen molar-refractivity contribution in [2.45, 2.75) is 0 Å². The van der Waals surface area contributed by atoms with E-state index in [0.29, 0.717) is 5.69 Å². The Labute approximate surface area is 75.3 Å². The van der Waals surface area contributed by atoms with Gasteiger partial charge in [-0.2, -0.15) is 5.10 Å². The molecule has 2 amide bonds. The van der Waals surface area contributed by atoms with E-state index < -0.39 is 0 Å². The molecular formula is C7H10N4O2. The Bertz CT molecular complexity index is 302. The molecule has 1 rings (SSSR count). The van der Waals surface area contributed by atoms with Crippen molar-refractivity contribution < 1.29 is 9.53 Å². The molecule has 0 aliphatic heterocycles. The van der Waals surface area contributed by atoms with Crippen LogP contribution in [0, 0.1) is 0 Å². The molecule has 0 bridgehead atoms. The molecule has 6 heteroatoms. The molecule has 0 saturated heterocycles. The predicted octanol–water partition coefficient (Wildman–Crippen LogP) is 0.236. The second-order valence-electron chi connectivity index (χ2n) is 2.16. The molecular weight excluding hydrogens is 172 g/mol. The number of nitrogens with zero attached hydrogens (tertiary/aromatic N) is 2. The minimum absolute atomic E-state index is 0.283. The smallest absolute Gasteiger partial charge is 0.319 e. The maximum Gasteiger partial charge on any atom is 0.319 e. The van der Waals surface area contributed by atoms with Gasteiger partial charge in [0, 0.05) is 7.05 Å². The van der Waals surface area contributed by atoms with Crippen LogP contribution in [-0.4, -0.2) is 30.4 Å². The van der Waals surface area contributed by atoms with Gasteiger partial charge in [-0.1, -0.05) is 0 Å². The zero-order valence-corrected chi connectivity index (χ0v) is 7.37. The third kappa shape index (κ3) is 2.29. The highest BCUT2D eigenvalue weighted by Gasteiger charge is 2.05. The molecule has 0 spiro atoms. The van der Waals surface area contributed by atoms with Gasteiger partial charge in [-0.15, -0.1) is 5.10 Å². The molecule has 0 atom stereocenters. The molecule has 0 aliphatic rings. The van der Waals surface area contributed by atoms with Crippen molar-refractivity contribution in [2.24, 2.45) is 0 Å². The van der Waals surface area contributed by atoms with Crippen LogP contribution in [-0.2, 0) is 0 Å². The normalized spacial score (nSPS) is 9.08. The summed E-state index contributed by atoms with van der Waals surface area (Å²) in [7, 11) is 2.98. The summed E-state index contributed by atoms with van der Waals surface area (Å²) in [6.45, 7) is 0. The van der Waals surface area contributed by atoms with E-state index >= 15 is 0 Å². The minimum Gasteiger partial charge on any atom is -0.478 e. The summed E-state index contributed by atoms with van der Waals surface area (Å²) in [4.78, 5) is 10.9. The first-order chi connectivity index (χ1) is 6.27. The largest absolute Gasteiger partial charge is 0.478 e. The predicted molar refractivity (Wildman–Crippen MR) is 46.7 cm³/mol. The number of urea groups is 1. The lowest BCUT2D eigenvalue weighted by molar-refractivity contribution is 0.253. The minimum atomic E-state index is -0.327. The maximum absolute atomic E-state index is 10.9. The fourth-order valence-corrected chi connectivity index (χ4v) is 0.750. The van der Waals surface area contributed by atoms with Gasteiger partial charge in [-0.05, 0) is 6.07 Å². The molecule has 2 N–H and O–H groups in total. The Balaban J connectivity index is 2.81. The van der Waals surface area contributed by atoms with Crippen molar-refractivity contribution >= 4 is 11.7 Å². The van der Waals surface area contributed by atoms with Gasteiger partial charge >= 0.3 is 6.03 Å². The first kappa shape index (κ1) is 9.24. The van der Waals surface area contributed by atoms with E-state index in [-0.39, 0.29) is 11.9 Å². The SMILES string of the molecule is CNC(=O)Nc1ccnnc1OC. The number of rotatable bonds is 2. The fraction of sp³-hybridized carbons (Fsp3) is 0.286. The summed E-state index contributed by atoms with van der Waals surface area (Å²) in [5.74, 6) is 0.283. The van der Waals surface area contributed by atoms with Crippen LogP contribution in [0.5, 0.6) is 5.88 Å². The van der Waals surface area contributed by atoms with Crippen LogP contribution < -0.4 is 15.4 Å². The molecule has 6 nitrogen and oxygen atoms in total. The molecule has 70 valence electrons. The summed E-state index contributed by atoms with van der Waals surface area (Å²) in [5.41, 5.74) is 0.483. The Kier molecular flexibility index (Phi) is 3.02. The van der Waals surface area contributed by atoms with Crippen LogP contribution >= 0.6 is 0 Å². The number of carbonyl (C=O) groups excluding carboxylic acids is 1. The molecule has 0 fully saturated rings. The molecule has 0 aromatic carbocycles. The average Bonchev–Trinajstić information content (AvgIpc) is 2.18. The lowest BCUT2D eigenvalue weighted by Crippen LogP contribution is -2.24. The van der Waals surface area contributed by atoms with Crippen LogP contribution in [0.25, 0.3) is 0 Å². The van der Waals surface area contributed by atoms with Gasteiger partial charge in [-0.25, -0.2) is 4.79 Å². The number of carbonyl (C=O) groups is 1. The summed E-state index contributed by atoms with van der Waals surface area (Å²) in [5, 5.41) is 12.2. The Morgan fingerprint density at radius 1 is 1.62 bits per heavy atom. The number of ether oxygens (including phenoxy) is 1. The van der Waals surface area contributed by atoms with Gasteiger partial charge in [0.1, 0.15) is 5.69 Å². The third-order valence-electron chi connectivity index (χ3n) is 1.36. The van der Waals surface area contributed by atoms with E-state index in [0.717, 1.165) is 0 Å².